The van der Waals surface area contributed by atoms with Crippen molar-refractivity contribution in [1.82, 2.24) is 0 Å². The third kappa shape index (κ3) is 2.14. The number of alkyl halides is 3. The van der Waals surface area contributed by atoms with Crippen molar-refractivity contribution in [3.63, 3.8) is 0 Å². The lowest BCUT2D eigenvalue weighted by atomic mass is 9.87. The summed E-state index contributed by atoms with van der Waals surface area (Å²) in [4.78, 5) is 0. The molecule has 1 atom stereocenters. The predicted molar refractivity (Wildman–Crippen MR) is 66.5 cm³/mol. The molecular formula is C16H11F3. The smallest absolute Gasteiger partial charge is 0.166 e. The van der Waals surface area contributed by atoms with Gasteiger partial charge in [0.1, 0.15) is 0 Å². The van der Waals surface area contributed by atoms with Crippen LogP contribution in [0, 0.1) is 6.42 Å². The minimum atomic E-state index is -4.32. The van der Waals surface area contributed by atoms with Gasteiger partial charge in [-0.1, -0.05) is 42.4 Å². The Kier molecular flexibility index (Phi) is 2.40. The van der Waals surface area contributed by atoms with E-state index in [1.165, 1.54) is 12.1 Å². The zero-order valence-corrected chi connectivity index (χ0v) is 9.96. The van der Waals surface area contributed by atoms with Crippen molar-refractivity contribution in [1.29, 1.82) is 0 Å². The van der Waals surface area contributed by atoms with E-state index in [0.29, 0.717) is 12.5 Å². The number of benzene rings is 2. The molecular weight excluding hydrogens is 249 g/mol. The van der Waals surface area contributed by atoms with Gasteiger partial charge in [-0.2, -0.15) is 13.2 Å². The molecule has 1 unspecified atom stereocenters. The predicted octanol–water partition coefficient (Wildman–Crippen LogP) is 4.48. The molecule has 1 fully saturated rings. The first-order valence-corrected chi connectivity index (χ1v) is 5.92. The zero-order chi connectivity index (χ0) is 14.4. The molecule has 0 aromatic heterocycles. The normalized spacial score (nSPS) is 17.9. The molecule has 19 heavy (non-hydrogen) atoms. The summed E-state index contributed by atoms with van der Waals surface area (Å²) in [6, 6.07) is 12.6. The highest BCUT2D eigenvalue weighted by atomic mass is 19.4. The highest BCUT2D eigenvalue weighted by Crippen LogP contribution is 2.52. The molecule has 1 aliphatic rings. The van der Waals surface area contributed by atoms with Gasteiger partial charge in [-0.3, -0.25) is 0 Å². The first-order valence-electron chi connectivity index (χ1n) is 6.42. The highest BCUT2D eigenvalue weighted by Gasteiger charge is 2.46. The van der Waals surface area contributed by atoms with Crippen LogP contribution in [0.2, 0.25) is 0 Å². The van der Waals surface area contributed by atoms with Crippen LogP contribution in [0.4, 0.5) is 13.2 Å². The van der Waals surface area contributed by atoms with Gasteiger partial charge in [0.25, 0.3) is 0 Å². The molecule has 0 heterocycles. The Morgan fingerprint density at radius 3 is 2.21 bits per heavy atom. The second-order valence-electron chi connectivity index (χ2n) is 4.61. The number of hydrogen-bond donors (Lipinski definition) is 0. The second kappa shape index (κ2) is 4.12. The van der Waals surface area contributed by atoms with Crippen molar-refractivity contribution in [2.24, 2.45) is 0 Å². The van der Waals surface area contributed by atoms with Crippen molar-refractivity contribution in [3.8, 4) is 0 Å². The van der Waals surface area contributed by atoms with Crippen molar-refractivity contribution in [2.75, 3.05) is 0 Å². The van der Waals surface area contributed by atoms with Gasteiger partial charge in [0.05, 0.1) is 6.93 Å². The molecule has 2 aromatic carbocycles. The number of rotatable bonds is 2. The standard InChI is InChI=1S/C16H11F3/c17-16(18,19)14-8-6-13(7-9-14)15(10-11-15)12-4-2-1-3-5-12/h1-9H,10H2/i4D. The Balaban J connectivity index is 1.99. The molecule has 0 aliphatic heterocycles. The Morgan fingerprint density at radius 1 is 1.00 bits per heavy atom. The van der Waals surface area contributed by atoms with Crippen LogP contribution in [0.1, 0.15) is 24.5 Å². The monoisotopic (exact) mass is 261 g/mol. The lowest BCUT2D eigenvalue weighted by Crippen LogP contribution is -2.10. The minimum Gasteiger partial charge on any atom is -0.166 e. The zero-order valence-electron chi connectivity index (χ0n) is 11.0. The van der Waals surface area contributed by atoms with E-state index in [4.69, 9.17) is 1.37 Å². The van der Waals surface area contributed by atoms with Gasteiger partial charge in [0, 0.05) is 11.8 Å². The summed E-state index contributed by atoms with van der Waals surface area (Å²) in [6.45, 7) is 0. The molecule has 0 N–H and O–H groups in total. The Bertz CT molecular complexity index is 625. The van der Waals surface area contributed by atoms with E-state index in [9.17, 15) is 13.2 Å². The summed E-state index contributed by atoms with van der Waals surface area (Å²) in [5, 5.41) is 0. The van der Waals surface area contributed by atoms with E-state index in [1.807, 2.05) is 12.1 Å². The van der Waals surface area contributed by atoms with Crippen LogP contribution in [0.25, 0.3) is 0 Å². The first kappa shape index (κ1) is 11.1. The van der Waals surface area contributed by atoms with E-state index in [2.05, 4.69) is 6.42 Å². The van der Waals surface area contributed by atoms with Crippen LogP contribution in [-0.2, 0) is 11.6 Å². The van der Waals surface area contributed by atoms with E-state index >= 15 is 0 Å². The number of halogens is 3. The average Bonchev–Trinajstić information content (AvgIpc) is 3.20. The van der Waals surface area contributed by atoms with Gasteiger partial charge < -0.3 is 0 Å². The molecule has 0 spiro atoms. The fourth-order valence-corrected chi connectivity index (χ4v) is 2.24. The van der Waals surface area contributed by atoms with Crippen LogP contribution in [0.5, 0.6) is 0 Å². The summed E-state index contributed by atoms with van der Waals surface area (Å²) in [5.41, 5.74) is 0.379. The lowest BCUT2D eigenvalue weighted by Gasteiger charge is -2.17. The van der Waals surface area contributed by atoms with E-state index in [1.54, 1.807) is 12.1 Å². The summed E-state index contributed by atoms with van der Waals surface area (Å²) in [7, 11) is 0. The van der Waals surface area contributed by atoms with Gasteiger partial charge in [-0.25, -0.2) is 0 Å². The molecule has 1 saturated carbocycles. The molecule has 2 radical (unpaired) electrons. The van der Waals surface area contributed by atoms with Crippen molar-refractivity contribution in [3.05, 3.63) is 77.7 Å². The van der Waals surface area contributed by atoms with Gasteiger partial charge in [-0.05, 0) is 29.7 Å². The number of hydrogen-bond acceptors (Lipinski definition) is 0. The van der Waals surface area contributed by atoms with Crippen molar-refractivity contribution >= 4 is 0 Å². The third-order valence-corrected chi connectivity index (χ3v) is 3.40. The molecule has 1 aliphatic carbocycles. The average molecular weight is 261 g/mol. The largest absolute Gasteiger partial charge is 0.416 e. The van der Waals surface area contributed by atoms with Gasteiger partial charge >= 0.3 is 6.18 Å². The summed E-state index contributed by atoms with van der Waals surface area (Å²) >= 11 is 0. The van der Waals surface area contributed by atoms with Crippen LogP contribution in [0.15, 0.2) is 54.6 Å². The van der Waals surface area contributed by atoms with Crippen LogP contribution in [-0.4, -0.2) is 0 Å². The maximum absolute atomic E-state index is 12.6. The molecule has 0 bridgehead atoms. The minimum absolute atomic E-state index is 0.386. The van der Waals surface area contributed by atoms with Gasteiger partial charge in [0.15, 0.2) is 0 Å². The Morgan fingerprint density at radius 2 is 1.68 bits per heavy atom. The second-order valence-corrected chi connectivity index (χ2v) is 4.61. The van der Waals surface area contributed by atoms with Crippen LogP contribution in [0.3, 0.4) is 0 Å². The maximum atomic E-state index is 12.6. The van der Waals surface area contributed by atoms with E-state index < -0.39 is 17.2 Å². The molecule has 2 aromatic rings. The topological polar surface area (TPSA) is 0 Å². The molecule has 0 saturated heterocycles. The van der Waals surface area contributed by atoms with E-state index in [0.717, 1.165) is 23.3 Å². The molecule has 0 nitrogen and oxygen atoms in total. The SMILES string of the molecule is [2H]c1ccccc1C1(c2ccc(C(F)(F)F)cc2)[C]C1. The first-order chi connectivity index (χ1) is 9.43. The summed E-state index contributed by atoms with van der Waals surface area (Å²) < 4.78 is 45.7. The summed E-state index contributed by atoms with van der Waals surface area (Å²) in [6.07, 6.45) is -0.512. The van der Waals surface area contributed by atoms with Gasteiger partial charge in [-0.15, -0.1) is 0 Å². The van der Waals surface area contributed by atoms with Crippen molar-refractivity contribution in [2.45, 2.75) is 18.0 Å². The Labute approximate surface area is 111 Å². The van der Waals surface area contributed by atoms with E-state index in [-0.39, 0.29) is 0 Å². The molecule has 3 heteroatoms. The highest BCUT2D eigenvalue weighted by molar-refractivity contribution is 5.51. The molecule has 96 valence electrons. The summed E-state index contributed by atoms with van der Waals surface area (Å²) in [5.74, 6) is 0. The lowest BCUT2D eigenvalue weighted by molar-refractivity contribution is -0.137. The maximum Gasteiger partial charge on any atom is 0.416 e. The van der Waals surface area contributed by atoms with Gasteiger partial charge in [0.2, 0.25) is 0 Å². The van der Waals surface area contributed by atoms with Crippen LogP contribution >= 0.6 is 0 Å². The van der Waals surface area contributed by atoms with Crippen molar-refractivity contribution < 1.29 is 14.5 Å². The molecule has 3 rings (SSSR count). The quantitative estimate of drug-likeness (QED) is 0.747. The Hall–Kier alpha value is -1.77. The van der Waals surface area contributed by atoms with Crippen LogP contribution < -0.4 is 0 Å². The fraction of sp³-hybridized carbons (Fsp3) is 0.188. The fourth-order valence-electron chi connectivity index (χ4n) is 2.24. The third-order valence-electron chi connectivity index (χ3n) is 3.40. The molecule has 0 amide bonds.